The number of hydrogen-bond acceptors (Lipinski definition) is 4. The molecule has 1 aromatic heterocycles. The second-order valence-corrected chi connectivity index (χ2v) is 5.24. The first kappa shape index (κ1) is 13.5. The fourth-order valence-electron chi connectivity index (χ4n) is 2.86. The van der Waals surface area contributed by atoms with E-state index in [4.69, 9.17) is 9.47 Å². The Balaban J connectivity index is 1.96. The van der Waals surface area contributed by atoms with Gasteiger partial charge >= 0.3 is 0 Å². The zero-order chi connectivity index (χ0) is 14.0. The maximum Gasteiger partial charge on any atom is 0.108 e. The molecule has 0 saturated carbocycles. The van der Waals surface area contributed by atoms with Gasteiger partial charge < -0.3 is 14.6 Å². The Morgan fingerprint density at radius 3 is 2.85 bits per heavy atom. The lowest BCUT2D eigenvalue weighted by atomic mass is 9.84. The van der Waals surface area contributed by atoms with Gasteiger partial charge in [-0.25, -0.2) is 0 Å². The van der Waals surface area contributed by atoms with Gasteiger partial charge in [0.15, 0.2) is 0 Å². The number of aromatic nitrogens is 1. The Kier molecular flexibility index (Phi) is 3.70. The Morgan fingerprint density at radius 1 is 1.30 bits per heavy atom. The molecule has 0 radical (unpaired) electrons. The van der Waals surface area contributed by atoms with Crippen molar-refractivity contribution in [1.29, 1.82) is 0 Å². The predicted molar refractivity (Wildman–Crippen MR) is 76.5 cm³/mol. The van der Waals surface area contributed by atoms with Crippen LogP contribution in [0, 0.1) is 0 Å². The van der Waals surface area contributed by atoms with Crippen LogP contribution in [0.5, 0.6) is 0 Å². The molecule has 20 heavy (non-hydrogen) atoms. The minimum atomic E-state index is -0.664. The van der Waals surface area contributed by atoms with Crippen LogP contribution < -0.4 is 0 Å². The summed E-state index contributed by atoms with van der Waals surface area (Å²) in [4.78, 5) is 4.34. The lowest BCUT2D eigenvalue weighted by Crippen LogP contribution is -2.43. The average molecular weight is 273 g/mol. The number of ether oxygens (including phenoxy) is 2. The van der Waals surface area contributed by atoms with Crippen molar-refractivity contribution >= 4 is 10.9 Å². The third-order valence-corrected chi connectivity index (χ3v) is 4.19. The summed E-state index contributed by atoms with van der Waals surface area (Å²) in [6.45, 7) is 1.24. The lowest BCUT2D eigenvalue weighted by molar-refractivity contribution is -0.154. The molecule has 1 N–H and O–H groups in total. The van der Waals surface area contributed by atoms with Crippen LogP contribution in [0.2, 0.25) is 0 Å². The summed E-state index contributed by atoms with van der Waals surface area (Å²) in [5.41, 5.74) is 1.18. The van der Waals surface area contributed by atoms with E-state index in [2.05, 4.69) is 4.98 Å². The van der Waals surface area contributed by atoms with Gasteiger partial charge in [0.1, 0.15) is 11.7 Å². The molecule has 4 nitrogen and oxygen atoms in total. The van der Waals surface area contributed by atoms with E-state index in [9.17, 15) is 5.11 Å². The highest BCUT2D eigenvalue weighted by atomic mass is 16.5. The Hall–Kier alpha value is -1.49. The van der Waals surface area contributed by atoms with Gasteiger partial charge in [-0.1, -0.05) is 18.2 Å². The molecular formula is C16H19NO3. The predicted octanol–water partition coefficient (Wildman–Crippen LogP) is 2.46. The van der Waals surface area contributed by atoms with Gasteiger partial charge in [-0.3, -0.25) is 4.98 Å². The topological polar surface area (TPSA) is 51.6 Å². The average Bonchev–Trinajstić information content (AvgIpc) is 2.54. The number of aliphatic hydroxyl groups excluding tert-OH is 1. The van der Waals surface area contributed by atoms with Crippen molar-refractivity contribution in [3.63, 3.8) is 0 Å². The number of fused-ring (bicyclic) bond motifs is 1. The smallest absolute Gasteiger partial charge is 0.108 e. The largest absolute Gasteiger partial charge is 0.385 e. The Morgan fingerprint density at radius 2 is 2.10 bits per heavy atom. The summed E-state index contributed by atoms with van der Waals surface area (Å²) >= 11 is 0. The molecule has 106 valence electrons. The van der Waals surface area contributed by atoms with Crippen LogP contribution in [0.25, 0.3) is 10.9 Å². The minimum absolute atomic E-state index is 0.555. The van der Waals surface area contributed by atoms with Gasteiger partial charge in [0.25, 0.3) is 0 Å². The van der Waals surface area contributed by atoms with E-state index in [1.165, 1.54) is 0 Å². The van der Waals surface area contributed by atoms with Crippen molar-refractivity contribution in [2.45, 2.75) is 24.5 Å². The normalized spacial score (nSPS) is 19.9. The number of benzene rings is 1. The van der Waals surface area contributed by atoms with Gasteiger partial charge in [0, 0.05) is 44.7 Å². The minimum Gasteiger partial charge on any atom is -0.385 e. The van der Waals surface area contributed by atoms with E-state index < -0.39 is 11.7 Å². The highest BCUT2D eigenvalue weighted by molar-refractivity contribution is 5.79. The lowest BCUT2D eigenvalue weighted by Gasteiger charge is -2.39. The molecular weight excluding hydrogens is 254 g/mol. The molecule has 1 saturated heterocycles. The SMILES string of the molecule is COC1(C(O)c2ccc3cccnc3c2)CCOCC1. The molecule has 1 aromatic carbocycles. The number of methoxy groups -OCH3 is 1. The van der Waals surface area contributed by atoms with E-state index in [0.717, 1.165) is 16.5 Å². The first-order valence-corrected chi connectivity index (χ1v) is 6.91. The van der Waals surface area contributed by atoms with E-state index in [-0.39, 0.29) is 0 Å². The van der Waals surface area contributed by atoms with Crippen molar-refractivity contribution in [2.24, 2.45) is 0 Å². The van der Waals surface area contributed by atoms with E-state index in [1.807, 2.05) is 30.3 Å². The van der Waals surface area contributed by atoms with Crippen LogP contribution >= 0.6 is 0 Å². The molecule has 0 aliphatic carbocycles. The molecule has 3 rings (SSSR count). The van der Waals surface area contributed by atoms with Crippen molar-refractivity contribution in [2.75, 3.05) is 20.3 Å². The van der Waals surface area contributed by atoms with Gasteiger partial charge in [0.2, 0.25) is 0 Å². The highest BCUT2D eigenvalue weighted by Crippen LogP contribution is 2.37. The summed E-state index contributed by atoms with van der Waals surface area (Å²) in [6.07, 6.45) is 2.50. The fraction of sp³-hybridized carbons (Fsp3) is 0.438. The van der Waals surface area contributed by atoms with Crippen LogP contribution in [0.15, 0.2) is 36.5 Å². The Labute approximate surface area is 118 Å². The third-order valence-electron chi connectivity index (χ3n) is 4.19. The van der Waals surface area contributed by atoms with Crippen molar-refractivity contribution in [3.05, 3.63) is 42.1 Å². The quantitative estimate of drug-likeness (QED) is 0.933. The molecule has 0 bridgehead atoms. The van der Waals surface area contributed by atoms with Crippen molar-refractivity contribution in [1.82, 2.24) is 4.98 Å². The summed E-state index contributed by atoms with van der Waals surface area (Å²) < 4.78 is 11.0. The molecule has 2 heterocycles. The Bertz CT molecular complexity index is 593. The van der Waals surface area contributed by atoms with Crippen LogP contribution in [0.3, 0.4) is 0 Å². The summed E-state index contributed by atoms with van der Waals surface area (Å²) in [5.74, 6) is 0. The van der Waals surface area contributed by atoms with E-state index in [1.54, 1.807) is 13.3 Å². The number of hydrogen-bond donors (Lipinski definition) is 1. The van der Waals surface area contributed by atoms with E-state index >= 15 is 0 Å². The van der Waals surface area contributed by atoms with Crippen LogP contribution in [-0.4, -0.2) is 36.0 Å². The molecule has 1 atom stereocenters. The van der Waals surface area contributed by atoms with Gasteiger partial charge in [0.05, 0.1) is 5.52 Å². The molecule has 0 amide bonds. The second-order valence-electron chi connectivity index (χ2n) is 5.24. The molecule has 0 spiro atoms. The van der Waals surface area contributed by atoms with Gasteiger partial charge in [-0.2, -0.15) is 0 Å². The van der Waals surface area contributed by atoms with Crippen molar-refractivity contribution in [3.8, 4) is 0 Å². The maximum absolute atomic E-state index is 10.7. The van der Waals surface area contributed by atoms with Crippen molar-refractivity contribution < 1.29 is 14.6 Å². The molecule has 1 fully saturated rings. The maximum atomic E-state index is 10.7. The van der Waals surface area contributed by atoms with E-state index in [0.29, 0.717) is 26.1 Å². The molecule has 1 aliphatic heterocycles. The number of pyridine rings is 1. The number of aliphatic hydroxyl groups is 1. The zero-order valence-corrected chi connectivity index (χ0v) is 11.6. The standard InChI is InChI=1S/C16H19NO3/c1-19-16(6-9-20-10-7-16)15(18)13-5-4-12-3-2-8-17-14(12)11-13/h2-5,8,11,15,18H,6-7,9-10H2,1H3. The number of nitrogens with zero attached hydrogens (tertiary/aromatic N) is 1. The third kappa shape index (κ3) is 2.30. The second kappa shape index (κ2) is 5.48. The highest BCUT2D eigenvalue weighted by Gasteiger charge is 2.40. The first-order valence-electron chi connectivity index (χ1n) is 6.91. The van der Waals surface area contributed by atoms with Crippen LogP contribution in [-0.2, 0) is 9.47 Å². The monoisotopic (exact) mass is 273 g/mol. The summed E-state index contributed by atoms with van der Waals surface area (Å²) in [7, 11) is 1.66. The molecule has 1 aliphatic rings. The fourth-order valence-corrected chi connectivity index (χ4v) is 2.86. The first-order chi connectivity index (χ1) is 9.75. The van der Waals surface area contributed by atoms with Crippen LogP contribution in [0.4, 0.5) is 0 Å². The molecule has 1 unspecified atom stereocenters. The van der Waals surface area contributed by atoms with Gasteiger partial charge in [-0.15, -0.1) is 0 Å². The molecule has 4 heteroatoms. The number of rotatable bonds is 3. The summed E-state index contributed by atoms with van der Waals surface area (Å²) in [5, 5.41) is 11.8. The summed E-state index contributed by atoms with van der Waals surface area (Å²) in [6, 6.07) is 9.80. The van der Waals surface area contributed by atoms with Crippen LogP contribution in [0.1, 0.15) is 24.5 Å². The van der Waals surface area contributed by atoms with Gasteiger partial charge in [-0.05, 0) is 17.7 Å². The molecule has 2 aromatic rings. The zero-order valence-electron chi connectivity index (χ0n) is 11.6.